The summed E-state index contributed by atoms with van der Waals surface area (Å²) in [5.74, 6) is -1.12. The normalized spacial score (nSPS) is 12.0. The number of carboxylic acid groups (broad SMARTS) is 1. The van der Waals surface area contributed by atoms with Gasteiger partial charge in [0.25, 0.3) is 0 Å². The number of benzene rings is 1. The number of hydrogen-bond donors (Lipinski definition) is 2. The molecule has 0 spiro atoms. The summed E-state index contributed by atoms with van der Waals surface area (Å²) < 4.78 is 15.1. The van der Waals surface area contributed by atoms with Crippen LogP contribution >= 0.6 is 0 Å². The van der Waals surface area contributed by atoms with Crippen LogP contribution in [0.5, 0.6) is 5.75 Å². The van der Waals surface area contributed by atoms with Crippen LogP contribution in [0.2, 0.25) is 0 Å². The second-order valence-corrected chi connectivity index (χ2v) is 6.58. The number of carbonyl (C=O) groups excluding carboxylic acids is 2. The van der Waals surface area contributed by atoms with Gasteiger partial charge in [-0.3, -0.25) is 4.79 Å². The number of ether oxygens (including phenoxy) is 3. The van der Waals surface area contributed by atoms with Crippen LogP contribution in [0.1, 0.15) is 39.2 Å². The molecule has 1 aromatic carbocycles. The molecule has 26 heavy (non-hydrogen) atoms. The van der Waals surface area contributed by atoms with Crippen LogP contribution in [0, 0.1) is 0 Å². The van der Waals surface area contributed by atoms with Gasteiger partial charge in [-0.2, -0.15) is 0 Å². The Morgan fingerprint density at radius 3 is 2.27 bits per heavy atom. The van der Waals surface area contributed by atoms with E-state index in [-0.39, 0.29) is 19.4 Å². The van der Waals surface area contributed by atoms with Crippen LogP contribution in [0.4, 0.5) is 4.79 Å². The summed E-state index contributed by atoms with van der Waals surface area (Å²) in [5, 5.41) is 11.4. The molecule has 1 atom stereocenters. The van der Waals surface area contributed by atoms with E-state index < -0.39 is 29.7 Å². The first kappa shape index (κ1) is 21.3. The van der Waals surface area contributed by atoms with Gasteiger partial charge in [0.2, 0.25) is 0 Å². The van der Waals surface area contributed by atoms with E-state index in [1.165, 1.54) is 0 Å². The topological polar surface area (TPSA) is 111 Å². The molecule has 0 aromatic heterocycles. The van der Waals surface area contributed by atoms with Crippen molar-refractivity contribution in [3.05, 3.63) is 29.8 Å². The van der Waals surface area contributed by atoms with E-state index in [4.69, 9.17) is 19.3 Å². The van der Waals surface area contributed by atoms with Gasteiger partial charge in [0.15, 0.2) is 0 Å². The van der Waals surface area contributed by atoms with E-state index in [2.05, 4.69) is 5.32 Å². The molecule has 0 radical (unpaired) electrons. The molecule has 0 fully saturated rings. The molecular weight excluding hydrogens is 342 g/mol. The van der Waals surface area contributed by atoms with E-state index in [9.17, 15) is 14.4 Å². The van der Waals surface area contributed by atoms with Gasteiger partial charge in [0.05, 0.1) is 7.11 Å². The molecule has 0 unspecified atom stereocenters. The number of aliphatic carboxylic acids is 1. The Kier molecular flexibility index (Phi) is 7.89. The molecule has 0 saturated heterocycles. The molecule has 8 heteroatoms. The number of carbonyl (C=O) groups is 3. The Bertz CT molecular complexity index is 619. The van der Waals surface area contributed by atoms with Gasteiger partial charge in [-0.25, -0.2) is 9.59 Å². The quantitative estimate of drug-likeness (QED) is 0.679. The number of nitrogens with one attached hydrogen (secondary N) is 1. The monoisotopic (exact) mass is 367 g/mol. The molecule has 0 aliphatic heterocycles. The van der Waals surface area contributed by atoms with Crippen molar-refractivity contribution in [3.63, 3.8) is 0 Å². The number of carboxylic acids is 1. The van der Waals surface area contributed by atoms with E-state index in [0.29, 0.717) is 5.75 Å². The average Bonchev–Trinajstić information content (AvgIpc) is 2.55. The number of amides is 1. The maximum absolute atomic E-state index is 11.8. The third-order valence-electron chi connectivity index (χ3n) is 3.19. The molecule has 1 amide bonds. The molecule has 8 nitrogen and oxygen atoms in total. The van der Waals surface area contributed by atoms with Gasteiger partial charge >= 0.3 is 18.0 Å². The number of methoxy groups -OCH3 is 1. The van der Waals surface area contributed by atoms with E-state index >= 15 is 0 Å². The van der Waals surface area contributed by atoms with Crippen molar-refractivity contribution in [1.82, 2.24) is 5.32 Å². The van der Waals surface area contributed by atoms with Crippen molar-refractivity contribution in [2.24, 2.45) is 0 Å². The van der Waals surface area contributed by atoms with E-state index in [1.807, 2.05) is 0 Å². The lowest BCUT2D eigenvalue weighted by atomic mass is 10.1. The van der Waals surface area contributed by atoms with Gasteiger partial charge in [-0.15, -0.1) is 0 Å². The SMILES string of the molecule is COc1ccc(COC(=O)CC[C@@H](NC(=O)OC(C)(C)C)C(=O)O)cc1. The largest absolute Gasteiger partial charge is 0.497 e. The lowest BCUT2D eigenvalue weighted by Crippen LogP contribution is -2.43. The first-order valence-corrected chi connectivity index (χ1v) is 8.11. The van der Waals surface area contributed by atoms with Crippen molar-refractivity contribution in [1.29, 1.82) is 0 Å². The number of rotatable bonds is 8. The molecule has 2 N–H and O–H groups in total. The third-order valence-corrected chi connectivity index (χ3v) is 3.19. The summed E-state index contributed by atoms with van der Waals surface area (Å²) in [6.45, 7) is 5.07. The van der Waals surface area contributed by atoms with Gasteiger partial charge in [0, 0.05) is 6.42 Å². The second-order valence-electron chi connectivity index (χ2n) is 6.58. The molecule has 144 valence electrons. The van der Waals surface area contributed by atoms with Gasteiger partial charge in [0.1, 0.15) is 24.0 Å². The standard InChI is InChI=1S/C18H25NO7/c1-18(2,3)26-17(23)19-14(16(21)22)9-10-15(20)25-11-12-5-7-13(24-4)8-6-12/h5-8,14H,9-11H2,1-4H3,(H,19,23)(H,21,22)/t14-/m1/s1. The third kappa shape index (κ3) is 8.36. The molecule has 0 aliphatic carbocycles. The van der Waals surface area contributed by atoms with Crippen LogP contribution in [0.3, 0.4) is 0 Å². The fraction of sp³-hybridized carbons (Fsp3) is 0.500. The molecular formula is C18H25NO7. The minimum Gasteiger partial charge on any atom is -0.497 e. The van der Waals surface area contributed by atoms with Crippen molar-refractivity contribution in [3.8, 4) is 5.75 Å². The van der Waals surface area contributed by atoms with Crippen molar-refractivity contribution in [2.75, 3.05) is 7.11 Å². The van der Waals surface area contributed by atoms with Crippen molar-refractivity contribution in [2.45, 2.75) is 51.9 Å². The molecule has 0 aliphatic rings. The van der Waals surface area contributed by atoms with Crippen LogP contribution < -0.4 is 10.1 Å². The van der Waals surface area contributed by atoms with Crippen LogP contribution in [0.25, 0.3) is 0 Å². The second kappa shape index (κ2) is 9.65. The minimum absolute atomic E-state index is 0.0695. The highest BCUT2D eigenvalue weighted by molar-refractivity contribution is 5.80. The maximum Gasteiger partial charge on any atom is 0.408 e. The summed E-state index contributed by atoms with van der Waals surface area (Å²) in [6, 6.07) is 5.77. The number of alkyl carbamates (subject to hydrolysis) is 1. The van der Waals surface area contributed by atoms with Crippen molar-refractivity contribution >= 4 is 18.0 Å². The zero-order valence-corrected chi connectivity index (χ0v) is 15.4. The van der Waals surface area contributed by atoms with Crippen LogP contribution in [-0.2, 0) is 25.7 Å². The number of hydrogen-bond acceptors (Lipinski definition) is 6. The Hall–Kier alpha value is -2.77. The lowest BCUT2D eigenvalue weighted by molar-refractivity contribution is -0.145. The highest BCUT2D eigenvalue weighted by Crippen LogP contribution is 2.13. The fourth-order valence-electron chi connectivity index (χ4n) is 1.93. The maximum atomic E-state index is 11.8. The van der Waals surface area contributed by atoms with Crippen LogP contribution in [0.15, 0.2) is 24.3 Å². The zero-order chi connectivity index (χ0) is 19.7. The fourth-order valence-corrected chi connectivity index (χ4v) is 1.93. The summed E-state index contributed by atoms with van der Waals surface area (Å²) in [7, 11) is 1.55. The highest BCUT2D eigenvalue weighted by Gasteiger charge is 2.24. The molecule has 0 bridgehead atoms. The smallest absolute Gasteiger partial charge is 0.408 e. The summed E-state index contributed by atoms with van der Waals surface area (Å²) >= 11 is 0. The minimum atomic E-state index is -1.25. The predicted octanol–water partition coefficient (Wildman–Crippen LogP) is 2.50. The zero-order valence-electron chi connectivity index (χ0n) is 15.4. The predicted molar refractivity (Wildman–Crippen MR) is 92.8 cm³/mol. The van der Waals surface area contributed by atoms with E-state index in [0.717, 1.165) is 5.56 Å². The Labute approximate surface area is 152 Å². The highest BCUT2D eigenvalue weighted by atomic mass is 16.6. The molecule has 1 rings (SSSR count). The summed E-state index contributed by atoms with van der Waals surface area (Å²) in [4.78, 5) is 34.7. The summed E-state index contributed by atoms with van der Waals surface area (Å²) in [6.07, 6.45) is -1.10. The van der Waals surface area contributed by atoms with Crippen LogP contribution in [-0.4, -0.2) is 41.9 Å². The Morgan fingerprint density at radius 1 is 1.15 bits per heavy atom. The van der Waals surface area contributed by atoms with Gasteiger partial charge in [-0.05, 0) is 44.9 Å². The Morgan fingerprint density at radius 2 is 1.77 bits per heavy atom. The van der Waals surface area contributed by atoms with Crippen molar-refractivity contribution < 1.29 is 33.7 Å². The Balaban J connectivity index is 2.43. The first-order valence-electron chi connectivity index (χ1n) is 8.11. The average molecular weight is 367 g/mol. The van der Waals surface area contributed by atoms with Gasteiger partial charge < -0.3 is 24.6 Å². The summed E-state index contributed by atoms with van der Waals surface area (Å²) in [5.41, 5.74) is 0.0329. The molecule has 0 heterocycles. The number of esters is 1. The van der Waals surface area contributed by atoms with E-state index in [1.54, 1.807) is 52.1 Å². The first-order chi connectivity index (χ1) is 12.1. The molecule has 1 aromatic rings. The molecule has 0 saturated carbocycles. The lowest BCUT2D eigenvalue weighted by Gasteiger charge is -2.21. The van der Waals surface area contributed by atoms with Gasteiger partial charge in [-0.1, -0.05) is 12.1 Å².